The van der Waals surface area contributed by atoms with E-state index in [0.29, 0.717) is 36.8 Å². The van der Waals surface area contributed by atoms with Crippen LogP contribution in [-0.2, 0) is 22.7 Å². The quantitative estimate of drug-likeness (QED) is 0.571. The molecule has 0 aliphatic carbocycles. The summed E-state index contributed by atoms with van der Waals surface area (Å²) in [5, 5.41) is 7.10. The average Bonchev–Trinajstić information content (AvgIpc) is 3.28. The first-order chi connectivity index (χ1) is 17.8. The molecule has 3 aromatic rings. The molecule has 2 aromatic carbocycles. The zero-order valence-electron chi connectivity index (χ0n) is 21.4. The number of hydrogen-bond donors (Lipinski definition) is 1. The van der Waals surface area contributed by atoms with Crippen LogP contribution < -0.4 is 10.1 Å². The van der Waals surface area contributed by atoms with Crippen LogP contribution >= 0.6 is 0 Å². The Balaban J connectivity index is 1.39. The molecule has 2 atom stereocenters. The van der Waals surface area contributed by atoms with Crippen LogP contribution in [0.4, 0.5) is 0 Å². The molecule has 0 spiro atoms. The summed E-state index contributed by atoms with van der Waals surface area (Å²) in [5.74, 6) is 1.58. The van der Waals surface area contributed by atoms with Crippen molar-refractivity contribution in [3.8, 4) is 11.5 Å². The van der Waals surface area contributed by atoms with Gasteiger partial charge in [-0.2, -0.15) is 0 Å². The van der Waals surface area contributed by atoms with Crippen molar-refractivity contribution in [2.24, 2.45) is 0 Å². The fraction of sp³-hybridized carbons (Fsp3) is 0.393. The van der Waals surface area contributed by atoms with E-state index >= 15 is 0 Å². The number of aryl methyl sites for hydroxylation is 2. The fourth-order valence-electron chi connectivity index (χ4n) is 4.82. The number of nitrogens with zero attached hydrogens (tertiary/aromatic N) is 3. The summed E-state index contributed by atoms with van der Waals surface area (Å²) in [6, 6.07) is 14.8. The lowest BCUT2D eigenvalue weighted by molar-refractivity contribution is -0.125. The van der Waals surface area contributed by atoms with Gasteiger partial charge in [-0.25, -0.2) is 0 Å². The highest BCUT2D eigenvalue weighted by molar-refractivity contribution is 5.96. The Bertz CT molecular complexity index is 1290. The van der Waals surface area contributed by atoms with Crippen LogP contribution in [0.25, 0.3) is 0 Å². The number of ether oxygens (including phenoxy) is 2. The molecular weight excluding hydrogens is 472 g/mol. The second kappa shape index (κ2) is 10.7. The second-order valence-electron chi connectivity index (χ2n) is 9.87. The van der Waals surface area contributed by atoms with E-state index in [0.717, 1.165) is 35.5 Å². The number of carbonyl (C=O) groups is 2. The van der Waals surface area contributed by atoms with Gasteiger partial charge in [0.1, 0.15) is 11.5 Å². The van der Waals surface area contributed by atoms with Gasteiger partial charge in [-0.3, -0.25) is 14.5 Å². The lowest BCUT2D eigenvalue weighted by Crippen LogP contribution is -2.57. The van der Waals surface area contributed by atoms with E-state index in [-0.39, 0.29) is 30.5 Å². The predicted octanol–water partition coefficient (Wildman–Crippen LogP) is 3.45. The van der Waals surface area contributed by atoms with Gasteiger partial charge in [0.05, 0.1) is 37.5 Å². The highest BCUT2D eigenvalue weighted by atomic mass is 16.5. The largest absolute Gasteiger partial charge is 0.457 e. The van der Waals surface area contributed by atoms with Gasteiger partial charge in [-0.05, 0) is 55.7 Å². The Morgan fingerprint density at radius 1 is 1.11 bits per heavy atom. The van der Waals surface area contributed by atoms with Crippen molar-refractivity contribution < 1.29 is 23.6 Å². The van der Waals surface area contributed by atoms with Crippen LogP contribution in [-0.4, -0.2) is 65.6 Å². The number of likely N-dealkylation sites (tertiary alicyclic amines) is 1. The summed E-state index contributed by atoms with van der Waals surface area (Å²) in [6.07, 6.45) is 0.567. The molecule has 194 valence electrons. The molecule has 9 nitrogen and oxygen atoms in total. The maximum absolute atomic E-state index is 13.1. The van der Waals surface area contributed by atoms with E-state index in [4.69, 9.17) is 14.0 Å². The standard InChI is InChI=1S/C28H32N4O5/c1-18-7-8-21-13-26(18)36-22-6-4-5-20(12-22)17-35-25-9-10-32(14-23-11-19(2)30-37-23)15-24(25)29-27(33)16-31(3)28(21)34/h4-8,11-13,24-25H,9-10,14-17H2,1-3H3,(H,29,33)/t24-,25+/m0/s1. The minimum absolute atomic E-state index is 0.0630. The lowest BCUT2D eigenvalue weighted by Gasteiger charge is -2.38. The number of fused-ring (bicyclic) bond motifs is 5. The molecule has 9 heteroatoms. The molecule has 2 aliphatic heterocycles. The third-order valence-corrected chi connectivity index (χ3v) is 6.79. The van der Waals surface area contributed by atoms with Gasteiger partial charge in [0.25, 0.3) is 5.91 Å². The van der Waals surface area contributed by atoms with Crippen molar-refractivity contribution in [3.63, 3.8) is 0 Å². The van der Waals surface area contributed by atoms with Crippen LogP contribution in [0.3, 0.4) is 0 Å². The highest BCUT2D eigenvalue weighted by Crippen LogP contribution is 2.28. The predicted molar refractivity (Wildman–Crippen MR) is 136 cm³/mol. The molecule has 1 aromatic heterocycles. The summed E-state index contributed by atoms with van der Waals surface area (Å²) in [4.78, 5) is 29.8. The molecule has 0 unspecified atom stereocenters. The van der Waals surface area contributed by atoms with Crippen molar-refractivity contribution in [2.75, 3.05) is 26.7 Å². The molecule has 0 saturated carbocycles. The van der Waals surface area contributed by atoms with Gasteiger partial charge in [0.15, 0.2) is 5.76 Å². The molecule has 2 amide bonds. The van der Waals surface area contributed by atoms with E-state index in [2.05, 4.69) is 15.4 Å². The first-order valence-electron chi connectivity index (χ1n) is 12.5. The summed E-state index contributed by atoms with van der Waals surface area (Å²) in [7, 11) is 1.63. The monoisotopic (exact) mass is 504 g/mol. The molecule has 1 fully saturated rings. The Morgan fingerprint density at radius 2 is 1.97 bits per heavy atom. The zero-order valence-corrected chi connectivity index (χ0v) is 21.4. The molecule has 5 rings (SSSR count). The van der Waals surface area contributed by atoms with Gasteiger partial charge >= 0.3 is 0 Å². The number of rotatable bonds is 2. The Kier molecular flexibility index (Phi) is 7.25. The molecular formula is C28H32N4O5. The lowest BCUT2D eigenvalue weighted by atomic mass is 10.0. The van der Waals surface area contributed by atoms with Crippen LogP contribution in [0.1, 0.15) is 39.4 Å². The van der Waals surface area contributed by atoms with Crippen molar-refractivity contribution in [1.29, 1.82) is 0 Å². The highest BCUT2D eigenvalue weighted by Gasteiger charge is 2.32. The van der Waals surface area contributed by atoms with Gasteiger partial charge in [0, 0.05) is 31.8 Å². The van der Waals surface area contributed by atoms with E-state index in [9.17, 15) is 9.59 Å². The van der Waals surface area contributed by atoms with Crippen molar-refractivity contribution in [2.45, 2.75) is 45.6 Å². The molecule has 4 bridgehead atoms. The maximum Gasteiger partial charge on any atom is 0.254 e. The Morgan fingerprint density at radius 3 is 2.78 bits per heavy atom. The summed E-state index contributed by atoms with van der Waals surface area (Å²) in [5.41, 5.74) is 3.19. The number of carbonyl (C=O) groups excluding carboxylic acids is 2. The summed E-state index contributed by atoms with van der Waals surface area (Å²) in [6.45, 7) is 6.16. The van der Waals surface area contributed by atoms with Crippen LogP contribution in [0.2, 0.25) is 0 Å². The van der Waals surface area contributed by atoms with Crippen LogP contribution in [0.15, 0.2) is 53.1 Å². The third kappa shape index (κ3) is 6.00. The number of amides is 2. The Labute approximate surface area is 216 Å². The first kappa shape index (κ1) is 25.0. The van der Waals surface area contributed by atoms with Gasteiger partial charge in [-0.15, -0.1) is 0 Å². The van der Waals surface area contributed by atoms with Crippen molar-refractivity contribution in [1.82, 2.24) is 20.3 Å². The maximum atomic E-state index is 13.1. The molecule has 3 heterocycles. The number of aromatic nitrogens is 1. The molecule has 1 N–H and O–H groups in total. The van der Waals surface area contributed by atoms with Gasteiger partial charge in [0.2, 0.25) is 5.91 Å². The van der Waals surface area contributed by atoms with Crippen molar-refractivity contribution >= 4 is 11.8 Å². The molecule has 2 aliphatic rings. The SMILES string of the molecule is Cc1cc(CN2CC[C@H]3OCc4cccc(c4)Oc4cc(ccc4C)C(=O)N(C)CC(=O)N[C@H]3C2)on1. The van der Waals surface area contributed by atoms with Crippen LogP contribution in [0.5, 0.6) is 11.5 Å². The summed E-state index contributed by atoms with van der Waals surface area (Å²) < 4.78 is 17.9. The van der Waals surface area contributed by atoms with E-state index in [1.807, 2.05) is 50.2 Å². The van der Waals surface area contributed by atoms with Crippen molar-refractivity contribution in [3.05, 3.63) is 76.7 Å². The van der Waals surface area contributed by atoms with E-state index < -0.39 is 0 Å². The molecule has 1 saturated heterocycles. The normalized spacial score (nSPS) is 21.2. The molecule has 0 radical (unpaired) electrons. The first-order valence-corrected chi connectivity index (χ1v) is 12.5. The average molecular weight is 505 g/mol. The Hall–Kier alpha value is -3.69. The van der Waals surface area contributed by atoms with Gasteiger partial charge in [-0.1, -0.05) is 23.4 Å². The van der Waals surface area contributed by atoms with E-state index in [1.54, 1.807) is 19.2 Å². The zero-order chi connectivity index (χ0) is 25.9. The minimum Gasteiger partial charge on any atom is -0.457 e. The number of benzene rings is 2. The number of hydrogen-bond acceptors (Lipinski definition) is 7. The topological polar surface area (TPSA) is 97.1 Å². The number of likely N-dealkylation sites (N-methyl/N-ethyl adjacent to an activating group) is 1. The van der Waals surface area contributed by atoms with E-state index in [1.165, 1.54) is 4.90 Å². The number of piperidine rings is 1. The number of nitrogens with one attached hydrogen (secondary N) is 1. The third-order valence-electron chi connectivity index (χ3n) is 6.79. The summed E-state index contributed by atoms with van der Waals surface area (Å²) >= 11 is 0. The smallest absolute Gasteiger partial charge is 0.254 e. The fourth-order valence-corrected chi connectivity index (χ4v) is 4.82. The second-order valence-corrected chi connectivity index (χ2v) is 9.87. The minimum atomic E-state index is -0.250. The molecule has 37 heavy (non-hydrogen) atoms. The van der Waals surface area contributed by atoms with Crippen LogP contribution in [0, 0.1) is 13.8 Å². The van der Waals surface area contributed by atoms with Gasteiger partial charge < -0.3 is 24.2 Å².